The third-order valence-electron chi connectivity index (χ3n) is 2.22. The fraction of sp³-hybridized carbons (Fsp3) is 1.00. The topological polar surface area (TPSA) is 36.1 Å². The summed E-state index contributed by atoms with van der Waals surface area (Å²) in [4.78, 5) is 0. The maximum atomic E-state index is 5.83. The summed E-state index contributed by atoms with van der Waals surface area (Å²) in [5.41, 5.74) is -0.0267. The van der Waals surface area contributed by atoms with Gasteiger partial charge >= 0.3 is 0 Å². The molecule has 0 spiro atoms. The van der Waals surface area contributed by atoms with E-state index in [4.69, 9.17) is 11.6 Å². The smallest absolute Gasteiger partial charge is 0.135 e. The third-order valence-corrected chi connectivity index (χ3v) is 2.51. The van der Waals surface area contributed by atoms with Crippen molar-refractivity contribution in [3.8, 4) is 0 Å². The maximum Gasteiger partial charge on any atom is 0.135 e. The van der Waals surface area contributed by atoms with Crippen molar-refractivity contribution in [1.82, 2.24) is 16.0 Å². The van der Waals surface area contributed by atoms with E-state index in [0.717, 1.165) is 13.1 Å². The van der Waals surface area contributed by atoms with E-state index in [2.05, 4.69) is 16.0 Å². The van der Waals surface area contributed by atoms with Gasteiger partial charge in [-0.15, -0.1) is 0 Å². The van der Waals surface area contributed by atoms with Crippen LogP contribution in [0.1, 0.15) is 6.42 Å². The van der Waals surface area contributed by atoms with Crippen molar-refractivity contribution in [2.24, 2.45) is 0 Å². The normalized spacial score (nSPS) is 47.1. The summed E-state index contributed by atoms with van der Waals surface area (Å²) in [6.07, 6.45) is 1.20. The van der Waals surface area contributed by atoms with E-state index in [-0.39, 0.29) is 5.62 Å². The fourth-order valence-corrected chi connectivity index (χ4v) is 1.91. The Bertz CT molecular complexity index is 130. The second-order valence-electron chi connectivity index (χ2n) is 2.89. The molecule has 2 heterocycles. The molecular weight excluding hydrogens is 150 g/mol. The van der Waals surface area contributed by atoms with Crippen molar-refractivity contribution < 1.29 is 0 Å². The summed E-state index contributed by atoms with van der Waals surface area (Å²) in [7, 11) is 0. The number of hydrogen-bond acceptors (Lipinski definition) is 3. The average molecular weight is 162 g/mol. The van der Waals surface area contributed by atoms with E-state index in [0.29, 0.717) is 12.1 Å². The number of rotatable bonds is 0. The Morgan fingerprint density at radius 2 is 2.10 bits per heavy atom. The molecule has 2 rings (SSSR count). The number of alkyl halides is 1. The van der Waals surface area contributed by atoms with Crippen LogP contribution < -0.4 is 16.0 Å². The standard InChI is InChI=1S/C6H12ClN3/c7-6-9-3-5-4(10-6)1-2-8-5/h4-6,8-10H,1-3H2. The molecule has 10 heavy (non-hydrogen) atoms. The van der Waals surface area contributed by atoms with Crippen molar-refractivity contribution in [3.63, 3.8) is 0 Å². The molecule has 3 atom stereocenters. The van der Waals surface area contributed by atoms with Crippen molar-refractivity contribution in [1.29, 1.82) is 0 Å². The Hall–Kier alpha value is 0.170. The highest BCUT2D eigenvalue weighted by Gasteiger charge is 2.31. The lowest BCUT2D eigenvalue weighted by molar-refractivity contribution is 0.333. The van der Waals surface area contributed by atoms with Crippen LogP contribution in [-0.4, -0.2) is 30.8 Å². The SMILES string of the molecule is ClC1NCC2NCCC2N1. The summed E-state index contributed by atoms with van der Waals surface area (Å²) in [6.45, 7) is 2.11. The number of fused-ring (bicyclic) bond motifs is 1. The zero-order chi connectivity index (χ0) is 6.97. The first-order chi connectivity index (χ1) is 4.86. The summed E-state index contributed by atoms with van der Waals surface area (Å²) >= 11 is 5.83. The first-order valence-electron chi connectivity index (χ1n) is 3.73. The van der Waals surface area contributed by atoms with Gasteiger partial charge in [0.2, 0.25) is 0 Å². The molecule has 3 nitrogen and oxygen atoms in total. The van der Waals surface area contributed by atoms with Crippen LogP contribution in [-0.2, 0) is 0 Å². The van der Waals surface area contributed by atoms with Gasteiger partial charge < -0.3 is 5.32 Å². The molecule has 0 amide bonds. The first kappa shape index (κ1) is 6.85. The molecule has 58 valence electrons. The lowest BCUT2D eigenvalue weighted by atomic mass is 10.1. The minimum atomic E-state index is -0.0267. The van der Waals surface area contributed by atoms with Gasteiger partial charge in [0.05, 0.1) is 0 Å². The van der Waals surface area contributed by atoms with Gasteiger partial charge in [-0.2, -0.15) is 0 Å². The highest BCUT2D eigenvalue weighted by Crippen LogP contribution is 2.11. The average Bonchev–Trinajstić information content (AvgIpc) is 2.33. The van der Waals surface area contributed by atoms with Gasteiger partial charge in [-0.25, -0.2) is 0 Å². The highest BCUT2D eigenvalue weighted by molar-refractivity contribution is 6.20. The zero-order valence-corrected chi connectivity index (χ0v) is 6.49. The van der Waals surface area contributed by atoms with Crippen LogP contribution in [0, 0.1) is 0 Å². The molecule has 2 aliphatic rings. The van der Waals surface area contributed by atoms with Gasteiger partial charge in [-0.3, -0.25) is 10.6 Å². The molecule has 4 heteroatoms. The van der Waals surface area contributed by atoms with Crippen LogP contribution in [0.3, 0.4) is 0 Å². The molecule has 0 bridgehead atoms. The third kappa shape index (κ3) is 1.14. The van der Waals surface area contributed by atoms with E-state index < -0.39 is 0 Å². The molecule has 0 aromatic heterocycles. The zero-order valence-electron chi connectivity index (χ0n) is 5.73. The molecule has 0 aromatic rings. The molecule has 0 radical (unpaired) electrons. The largest absolute Gasteiger partial charge is 0.311 e. The Morgan fingerprint density at radius 1 is 1.20 bits per heavy atom. The Kier molecular flexibility index (Phi) is 1.82. The van der Waals surface area contributed by atoms with Gasteiger partial charge in [-0.1, -0.05) is 11.6 Å². The number of hydrogen-bond donors (Lipinski definition) is 3. The van der Waals surface area contributed by atoms with E-state index in [1.165, 1.54) is 6.42 Å². The summed E-state index contributed by atoms with van der Waals surface area (Å²) < 4.78 is 0. The van der Waals surface area contributed by atoms with E-state index in [1.807, 2.05) is 0 Å². The van der Waals surface area contributed by atoms with Crippen LogP contribution >= 0.6 is 11.6 Å². The molecule has 3 unspecified atom stereocenters. The molecule has 3 N–H and O–H groups in total. The molecule has 0 saturated carbocycles. The van der Waals surface area contributed by atoms with Gasteiger partial charge in [-0.05, 0) is 13.0 Å². The molecule has 2 aliphatic heterocycles. The van der Waals surface area contributed by atoms with Crippen LogP contribution in [0.25, 0.3) is 0 Å². The number of nitrogens with one attached hydrogen (secondary N) is 3. The lowest BCUT2D eigenvalue weighted by Gasteiger charge is -2.30. The molecule has 0 aliphatic carbocycles. The van der Waals surface area contributed by atoms with Gasteiger partial charge in [0.1, 0.15) is 5.62 Å². The summed E-state index contributed by atoms with van der Waals surface area (Å²) in [5.74, 6) is 0. The molecular formula is C6H12ClN3. The van der Waals surface area contributed by atoms with Gasteiger partial charge in [0.25, 0.3) is 0 Å². The van der Waals surface area contributed by atoms with Gasteiger partial charge in [0.15, 0.2) is 0 Å². The van der Waals surface area contributed by atoms with Crippen LogP contribution in [0.2, 0.25) is 0 Å². The second kappa shape index (κ2) is 2.66. The quantitative estimate of drug-likeness (QED) is 0.329. The van der Waals surface area contributed by atoms with Crippen molar-refractivity contribution in [2.45, 2.75) is 24.1 Å². The van der Waals surface area contributed by atoms with E-state index in [1.54, 1.807) is 0 Å². The minimum absolute atomic E-state index is 0.0267. The lowest BCUT2D eigenvalue weighted by Crippen LogP contribution is -2.59. The summed E-state index contributed by atoms with van der Waals surface area (Å²) in [6, 6.07) is 1.18. The van der Waals surface area contributed by atoms with Crippen LogP contribution in [0.5, 0.6) is 0 Å². The minimum Gasteiger partial charge on any atom is -0.311 e. The monoisotopic (exact) mass is 161 g/mol. The van der Waals surface area contributed by atoms with Crippen molar-refractivity contribution >= 4 is 11.6 Å². The van der Waals surface area contributed by atoms with Crippen LogP contribution in [0.15, 0.2) is 0 Å². The molecule has 2 fully saturated rings. The predicted octanol–water partition coefficient (Wildman–Crippen LogP) is -0.568. The fourth-order valence-electron chi connectivity index (χ4n) is 1.66. The Labute approximate surface area is 65.5 Å². The predicted molar refractivity (Wildman–Crippen MR) is 41.0 cm³/mol. The first-order valence-corrected chi connectivity index (χ1v) is 4.17. The van der Waals surface area contributed by atoms with Crippen molar-refractivity contribution in [3.05, 3.63) is 0 Å². The highest BCUT2D eigenvalue weighted by atomic mass is 35.5. The van der Waals surface area contributed by atoms with E-state index in [9.17, 15) is 0 Å². The molecule has 2 saturated heterocycles. The Morgan fingerprint density at radius 3 is 3.00 bits per heavy atom. The summed E-state index contributed by atoms with van der Waals surface area (Å²) in [5, 5.41) is 9.81. The van der Waals surface area contributed by atoms with Gasteiger partial charge in [0, 0.05) is 18.6 Å². The van der Waals surface area contributed by atoms with E-state index >= 15 is 0 Å². The van der Waals surface area contributed by atoms with Crippen LogP contribution in [0.4, 0.5) is 0 Å². The number of halogens is 1. The second-order valence-corrected chi connectivity index (χ2v) is 3.33. The molecule has 0 aromatic carbocycles. The Balaban J connectivity index is 1.96. The maximum absolute atomic E-state index is 5.83. The van der Waals surface area contributed by atoms with Crippen molar-refractivity contribution in [2.75, 3.05) is 13.1 Å².